The van der Waals surface area contributed by atoms with Crippen molar-refractivity contribution < 1.29 is 9.21 Å². The summed E-state index contributed by atoms with van der Waals surface area (Å²) in [6, 6.07) is 11.1. The predicted molar refractivity (Wildman–Crippen MR) is 62.3 cm³/mol. The summed E-state index contributed by atoms with van der Waals surface area (Å²) in [6.07, 6.45) is 1.63. The van der Waals surface area contributed by atoms with Gasteiger partial charge in [-0.1, -0.05) is 40.2 Å². The Hall–Kier alpha value is -1.35. The molecule has 0 unspecified atom stereocenters. The smallest absolute Gasteiger partial charge is 0.173 e. The highest BCUT2D eigenvalue weighted by Gasteiger charge is 2.04. The van der Waals surface area contributed by atoms with E-state index in [1.165, 1.54) is 0 Å². The van der Waals surface area contributed by atoms with Crippen LogP contribution in [-0.2, 0) is 0 Å². The number of Topliss-reactive ketones (excluding diaryl/α,β-unsaturated/α-hetero) is 1. The zero-order valence-electron chi connectivity index (χ0n) is 7.94. The molecule has 1 aromatic carbocycles. The van der Waals surface area contributed by atoms with E-state index in [-0.39, 0.29) is 5.78 Å². The lowest BCUT2D eigenvalue weighted by molar-refractivity contribution is 0.102. The van der Waals surface area contributed by atoms with E-state index in [2.05, 4.69) is 15.9 Å². The van der Waals surface area contributed by atoms with Crippen LogP contribution in [0.1, 0.15) is 10.4 Å². The SMILES string of the molecule is O=C(CBr)c1ccc(-c2ccco2)cc1. The zero-order valence-corrected chi connectivity index (χ0v) is 9.53. The van der Waals surface area contributed by atoms with Gasteiger partial charge >= 0.3 is 0 Å². The number of hydrogen-bond acceptors (Lipinski definition) is 2. The fourth-order valence-corrected chi connectivity index (χ4v) is 1.66. The predicted octanol–water partition coefficient (Wildman–Crippen LogP) is 3.52. The van der Waals surface area contributed by atoms with Crippen molar-refractivity contribution in [2.75, 3.05) is 5.33 Å². The molecule has 0 amide bonds. The summed E-state index contributed by atoms with van der Waals surface area (Å²) in [5.74, 6) is 0.897. The molecule has 0 spiro atoms. The Kier molecular flexibility index (Phi) is 3.02. The van der Waals surface area contributed by atoms with Gasteiger partial charge in [0, 0.05) is 11.1 Å². The number of benzene rings is 1. The molecule has 0 aliphatic carbocycles. The van der Waals surface area contributed by atoms with Gasteiger partial charge in [0.05, 0.1) is 11.6 Å². The summed E-state index contributed by atoms with van der Waals surface area (Å²) >= 11 is 3.14. The van der Waals surface area contributed by atoms with Crippen molar-refractivity contribution >= 4 is 21.7 Å². The molecule has 2 aromatic rings. The first-order chi connectivity index (χ1) is 7.31. The van der Waals surface area contributed by atoms with Crippen LogP contribution >= 0.6 is 15.9 Å². The number of carbonyl (C=O) groups excluding carboxylic acids is 1. The molecule has 15 heavy (non-hydrogen) atoms. The fourth-order valence-electron chi connectivity index (χ4n) is 1.34. The van der Waals surface area contributed by atoms with Gasteiger partial charge in [-0.05, 0) is 12.1 Å². The molecule has 2 rings (SSSR count). The van der Waals surface area contributed by atoms with Crippen molar-refractivity contribution in [2.45, 2.75) is 0 Å². The standard InChI is InChI=1S/C12H9BrO2/c13-8-11(14)9-3-5-10(6-4-9)12-2-1-7-15-12/h1-7H,8H2. The van der Waals surface area contributed by atoms with E-state index in [4.69, 9.17) is 4.42 Å². The third-order valence-corrected chi connectivity index (χ3v) is 2.64. The van der Waals surface area contributed by atoms with Crippen LogP contribution in [0.5, 0.6) is 0 Å². The second-order valence-corrected chi connectivity index (χ2v) is 3.67. The van der Waals surface area contributed by atoms with E-state index in [0.29, 0.717) is 10.9 Å². The van der Waals surface area contributed by atoms with E-state index in [0.717, 1.165) is 11.3 Å². The molecule has 1 heterocycles. The number of furan rings is 1. The van der Waals surface area contributed by atoms with Crippen LogP contribution in [-0.4, -0.2) is 11.1 Å². The van der Waals surface area contributed by atoms with Crippen molar-refractivity contribution in [3.63, 3.8) is 0 Å². The summed E-state index contributed by atoms with van der Waals surface area (Å²) in [5, 5.41) is 0.354. The number of rotatable bonds is 3. The third kappa shape index (κ3) is 2.18. The van der Waals surface area contributed by atoms with Crippen molar-refractivity contribution in [3.8, 4) is 11.3 Å². The largest absolute Gasteiger partial charge is 0.464 e. The molecular weight excluding hydrogens is 256 g/mol. The average Bonchev–Trinajstić information content (AvgIpc) is 2.82. The maximum atomic E-state index is 11.3. The average molecular weight is 265 g/mol. The van der Waals surface area contributed by atoms with Crippen molar-refractivity contribution in [1.29, 1.82) is 0 Å². The quantitative estimate of drug-likeness (QED) is 0.627. The summed E-state index contributed by atoms with van der Waals surface area (Å²) in [7, 11) is 0. The van der Waals surface area contributed by atoms with Gasteiger partial charge in [0.15, 0.2) is 5.78 Å². The molecule has 0 aliphatic heterocycles. The topological polar surface area (TPSA) is 30.2 Å². The number of carbonyl (C=O) groups is 1. The van der Waals surface area contributed by atoms with Gasteiger partial charge in [-0.2, -0.15) is 0 Å². The Bertz CT molecular complexity index is 443. The molecule has 0 radical (unpaired) electrons. The minimum atomic E-state index is 0.0843. The summed E-state index contributed by atoms with van der Waals surface area (Å²) in [5.41, 5.74) is 1.69. The Balaban J connectivity index is 2.29. The molecule has 0 bridgehead atoms. The molecule has 3 heteroatoms. The van der Waals surface area contributed by atoms with E-state index in [1.54, 1.807) is 18.4 Å². The van der Waals surface area contributed by atoms with Gasteiger partial charge in [0.25, 0.3) is 0 Å². The highest BCUT2D eigenvalue weighted by molar-refractivity contribution is 9.09. The Morgan fingerprint density at radius 2 is 1.93 bits per heavy atom. The van der Waals surface area contributed by atoms with Gasteiger partial charge in [0.1, 0.15) is 5.76 Å². The van der Waals surface area contributed by atoms with E-state index in [9.17, 15) is 4.79 Å². The molecule has 0 N–H and O–H groups in total. The monoisotopic (exact) mass is 264 g/mol. The Labute approximate surface area is 96.0 Å². The number of ketones is 1. The van der Waals surface area contributed by atoms with E-state index >= 15 is 0 Å². The summed E-state index contributed by atoms with van der Waals surface area (Å²) < 4.78 is 5.25. The van der Waals surface area contributed by atoms with Crippen molar-refractivity contribution in [2.24, 2.45) is 0 Å². The molecular formula is C12H9BrO2. The number of alkyl halides is 1. The maximum absolute atomic E-state index is 11.3. The highest BCUT2D eigenvalue weighted by atomic mass is 79.9. The second-order valence-electron chi connectivity index (χ2n) is 3.11. The minimum Gasteiger partial charge on any atom is -0.464 e. The lowest BCUT2D eigenvalue weighted by Gasteiger charge is -1.99. The Morgan fingerprint density at radius 3 is 2.47 bits per heavy atom. The van der Waals surface area contributed by atoms with Crippen LogP contribution in [0.3, 0.4) is 0 Å². The van der Waals surface area contributed by atoms with Crippen molar-refractivity contribution in [3.05, 3.63) is 48.2 Å². The van der Waals surface area contributed by atoms with Crippen LogP contribution in [0.25, 0.3) is 11.3 Å². The lowest BCUT2D eigenvalue weighted by Crippen LogP contribution is -1.98. The van der Waals surface area contributed by atoms with Gasteiger partial charge in [-0.25, -0.2) is 0 Å². The van der Waals surface area contributed by atoms with Gasteiger partial charge in [-0.15, -0.1) is 0 Å². The molecule has 1 aromatic heterocycles. The Morgan fingerprint density at radius 1 is 1.20 bits per heavy atom. The molecule has 0 saturated carbocycles. The summed E-state index contributed by atoms with van der Waals surface area (Å²) in [4.78, 5) is 11.3. The van der Waals surface area contributed by atoms with Crippen LogP contribution < -0.4 is 0 Å². The van der Waals surface area contributed by atoms with Gasteiger partial charge in [-0.3, -0.25) is 4.79 Å². The number of hydrogen-bond donors (Lipinski definition) is 0. The maximum Gasteiger partial charge on any atom is 0.173 e. The molecule has 2 nitrogen and oxygen atoms in total. The van der Waals surface area contributed by atoms with Crippen LogP contribution in [0.15, 0.2) is 47.1 Å². The highest BCUT2D eigenvalue weighted by Crippen LogP contribution is 2.20. The molecule has 0 atom stereocenters. The zero-order chi connectivity index (χ0) is 10.7. The van der Waals surface area contributed by atoms with Crippen LogP contribution in [0, 0.1) is 0 Å². The summed E-state index contributed by atoms with van der Waals surface area (Å²) in [6.45, 7) is 0. The van der Waals surface area contributed by atoms with Gasteiger partial charge < -0.3 is 4.42 Å². The molecule has 0 saturated heterocycles. The molecule has 0 aliphatic rings. The minimum absolute atomic E-state index is 0.0843. The first kappa shape index (κ1) is 10.2. The number of halogens is 1. The normalized spacial score (nSPS) is 10.2. The van der Waals surface area contributed by atoms with E-state index < -0.39 is 0 Å². The van der Waals surface area contributed by atoms with Crippen molar-refractivity contribution in [1.82, 2.24) is 0 Å². The molecule has 0 fully saturated rings. The first-order valence-corrected chi connectivity index (χ1v) is 5.66. The second kappa shape index (κ2) is 4.45. The third-order valence-electron chi connectivity index (χ3n) is 2.13. The molecule has 76 valence electrons. The van der Waals surface area contributed by atoms with E-state index in [1.807, 2.05) is 24.3 Å². The first-order valence-electron chi connectivity index (χ1n) is 4.54. The van der Waals surface area contributed by atoms with Gasteiger partial charge in [0.2, 0.25) is 0 Å². The lowest BCUT2D eigenvalue weighted by atomic mass is 10.1. The fraction of sp³-hybridized carbons (Fsp3) is 0.0833. The van der Waals surface area contributed by atoms with Crippen LogP contribution in [0.4, 0.5) is 0 Å². The van der Waals surface area contributed by atoms with Crippen LogP contribution in [0.2, 0.25) is 0 Å².